The average molecular weight is 295 g/mol. The Balaban J connectivity index is 0.00000147. The van der Waals surface area contributed by atoms with Crippen molar-refractivity contribution in [2.75, 3.05) is 13.1 Å². The summed E-state index contributed by atoms with van der Waals surface area (Å²) in [5.74, 6) is 2.19. The molecule has 1 N–H and O–H groups in total. The van der Waals surface area contributed by atoms with Crippen molar-refractivity contribution in [1.82, 2.24) is 20.4 Å². The Morgan fingerprint density at radius 3 is 2.70 bits per heavy atom. The van der Waals surface area contributed by atoms with Gasteiger partial charge in [-0.3, -0.25) is 4.98 Å². The summed E-state index contributed by atoms with van der Waals surface area (Å²) < 4.78 is 5.31. The fraction of sp³-hybridized carbons (Fsp3) is 0.500. The Bertz CT molecular complexity index is 511. The molecule has 108 valence electrons. The molecule has 0 spiro atoms. The molecule has 1 aliphatic rings. The summed E-state index contributed by atoms with van der Waals surface area (Å²) >= 11 is 0. The van der Waals surface area contributed by atoms with Crippen molar-refractivity contribution in [3.05, 3.63) is 30.4 Å². The molecular formula is C14H19ClN4O. The van der Waals surface area contributed by atoms with Gasteiger partial charge in [-0.05, 0) is 50.4 Å². The van der Waals surface area contributed by atoms with E-state index in [-0.39, 0.29) is 12.4 Å². The molecular weight excluding hydrogens is 276 g/mol. The molecule has 0 radical (unpaired) electrons. The van der Waals surface area contributed by atoms with Crippen molar-refractivity contribution in [2.45, 2.75) is 25.7 Å². The molecule has 2 aromatic rings. The minimum absolute atomic E-state index is 0. The van der Waals surface area contributed by atoms with Crippen LogP contribution < -0.4 is 5.32 Å². The van der Waals surface area contributed by atoms with Crippen LogP contribution in [0.5, 0.6) is 0 Å². The zero-order valence-corrected chi connectivity index (χ0v) is 12.1. The second kappa shape index (κ2) is 7.36. The third-order valence-corrected chi connectivity index (χ3v) is 3.63. The highest BCUT2D eigenvalue weighted by Gasteiger charge is 2.15. The van der Waals surface area contributed by atoms with Crippen LogP contribution in [0.3, 0.4) is 0 Å². The first-order chi connectivity index (χ1) is 9.42. The number of hydrogen-bond donors (Lipinski definition) is 1. The van der Waals surface area contributed by atoms with Crippen LogP contribution in [0, 0.1) is 5.92 Å². The average Bonchev–Trinajstić information content (AvgIpc) is 2.96. The van der Waals surface area contributed by atoms with Gasteiger partial charge in [-0.15, -0.1) is 12.4 Å². The molecule has 0 atom stereocenters. The molecule has 3 heterocycles. The van der Waals surface area contributed by atoms with E-state index in [0.717, 1.165) is 43.3 Å². The third kappa shape index (κ3) is 3.77. The highest BCUT2D eigenvalue weighted by atomic mass is 35.5. The first-order valence-electron chi connectivity index (χ1n) is 6.85. The molecule has 2 aromatic heterocycles. The maximum absolute atomic E-state index is 5.31. The molecule has 0 amide bonds. The van der Waals surface area contributed by atoms with Crippen molar-refractivity contribution < 1.29 is 4.52 Å². The molecule has 6 heteroatoms. The first kappa shape index (κ1) is 14.9. The minimum atomic E-state index is 0. The van der Waals surface area contributed by atoms with E-state index in [2.05, 4.69) is 20.4 Å². The number of hydrogen-bond acceptors (Lipinski definition) is 5. The van der Waals surface area contributed by atoms with Gasteiger partial charge in [-0.25, -0.2) is 0 Å². The van der Waals surface area contributed by atoms with E-state index in [1.165, 1.54) is 12.8 Å². The van der Waals surface area contributed by atoms with E-state index >= 15 is 0 Å². The molecule has 0 saturated carbocycles. The summed E-state index contributed by atoms with van der Waals surface area (Å²) in [6, 6.07) is 3.78. The third-order valence-electron chi connectivity index (χ3n) is 3.63. The zero-order chi connectivity index (χ0) is 12.9. The van der Waals surface area contributed by atoms with Crippen LogP contribution in [0.15, 0.2) is 29.0 Å². The highest BCUT2D eigenvalue weighted by Crippen LogP contribution is 2.20. The SMILES string of the molecule is Cl.c1cc(-c2noc(CCC3CCNCC3)n2)ccn1. The van der Waals surface area contributed by atoms with Crippen molar-refractivity contribution >= 4 is 12.4 Å². The predicted molar refractivity (Wildman–Crippen MR) is 78.7 cm³/mol. The Morgan fingerprint density at radius 1 is 1.20 bits per heavy atom. The van der Waals surface area contributed by atoms with Crippen LogP contribution in [0.1, 0.15) is 25.2 Å². The Labute approximate surface area is 124 Å². The summed E-state index contributed by atoms with van der Waals surface area (Å²) in [6.45, 7) is 2.27. The van der Waals surface area contributed by atoms with E-state index < -0.39 is 0 Å². The topological polar surface area (TPSA) is 63.8 Å². The number of aryl methyl sites for hydroxylation is 1. The largest absolute Gasteiger partial charge is 0.339 e. The molecule has 1 fully saturated rings. The van der Waals surface area contributed by atoms with Gasteiger partial charge in [0.15, 0.2) is 0 Å². The summed E-state index contributed by atoms with van der Waals surface area (Å²) in [6.07, 6.45) is 8.00. The Hall–Kier alpha value is -1.46. The standard InChI is InChI=1S/C14H18N4O.ClH/c1(11-3-7-15-8-4-11)2-13-17-14(18-19-13)12-5-9-16-10-6-12;/h5-6,9-11,15H,1-4,7-8H2;1H. The molecule has 0 aromatic carbocycles. The van der Waals surface area contributed by atoms with E-state index in [1.807, 2.05) is 12.1 Å². The lowest BCUT2D eigenvalue weighted by molar-refractivity contribution is 0.324. The van der Waals surface area contributed by atoms with Crippen molar-refractivity contribution in [3.8, 4) is 11.4 Å². The van der Waals surface area contributed by atoms with E-state index in [4.69, 9.17) is 4.52 Å². The number of piperidine rings is 1. The molecule has 1 aliphatic heterocycles. The number of rotatable bonds is 4. The molecule has 20 heavy (non-hydrogen) atoms. The molecule has 0 aliphatic carbocycles. The summed E-state index contributed by atoms with van der Waals surface area (Å²) in [7, 11) is 0. The van der Waals surface area contributed by atoms with Crippen molar-refractivity contribution in [3.63, 3.8) is 0 Å². The van der Waals surface area contributed by atoms with E-state index in [0.29, 0.717) is 5.82 Å². The molecule has 5 nitrogen and oxygen atoms in total. The normalized spacial score (nSPS) is 15.8. The lowest BCUT2D eigenvalue weighted by Crippen LogP contribution is -2.27. The monoisotopic (exact) mass is 294 g/mol. The number of pyridine rings is 1. The van der Waals surface area contributed by atoms with Gasteiger partial charge in [-0.1, -0.05) is 5.16 Å². The van der Waals surface area contributed by atoms with Gasteiger partial charge in [0.2, 0.25) is 11.7 Å². The fourth-order valence-corrected chi connectivity index (χ4v) is 2.47. The number of aromatic nitrogens is 3. The van der Waals surface area contributed by atoms with E-state index in [9.17, 15) is 0 Å². The number of halogens is 1. The van der Waals surface area contributed by atoms with Crippen LogP contribution in [0.4, 0.5) is 0 Å². The minimum Gasteiger partial charge on any atom is -0.339 e. The molecule has 3 rings (SSSR count). The van der Waals surface area contributed by atoms with Crippen molar-refractivity contribution in [1.29, 1.82) is 0 Å². The number of nitrogens with zero attached hydrogens (tertiary/aromatic N) is 3. The van der Waals surface area contributed by atoms with Crippen LogP contribution >= 0.6 is 12.4 Å². The quantitative estimate of drug-likeness (QED) is 0.938. The second-order valence-corrected chi connectivity index (χ2v) is 4.98. The summed E-state index contributed by atoms with van der Waals surface area (Å²) in [5.41, 5.74) is 0.951. The van der Waals surface area contributed by atoms with Gasteiger partial charge >= 0.3 is 0 Å². The number of nitrogens with one attached hydrogen (secondary N) is 1. The molecule has 0 unspecified atom stereocenters. The zero-order valence-electron chi connectivity index (χ0n) is 11.3. The van der Waals surface area contributed by atoms with Gasteiger partial charge in [0.05, 0.1) is 0 Å². The lowest BCUT2D eigenvalue weighted by atomic mass is 9.93. The van der Waals surface area contributed by atoms with Gasteiger partial charge in [-0.2, -0.15) is 4.98 Å². The Morgan fingerprint density at radius 2 is 1.95 bits per heavy atom. The smallest absolute Gasteiger partial charge is 0.226 e. The fourth-order valence-electron chi connectivity index (χ4n) is 2.47. The Kier molecular flexibility index (Phi) is 5.49. The van der Waals surface area contributed by atoms with Crippen LogP contribution in [-0.2, 0) is 6.42 Å². The molecule has 0 bridgehead atoms. The highest BCUT2D eigenvalue weighted by molar-refractivity contribution is 5.85. The maximum atomic E-state index is 5.31. The first-order valence-corrected chi connectivity index (χ1v) is 6.85. The van der Waals surface area contributed by atoms with E-state index in [1.54, 1.807) is 12.4 Å². The van der Waals surface area contributed by atoms with Crippen LogP contribution in [-0.4, -0.2) is 28.2 Å². The van der Waals surface area contributed by atoms with Gasteiger partial charge in [0, 0.05) is 24.4 Å². The van der Waals surface area contributed by atoms with Crippen LogP contribution in [0.2, 0.25) is 0 Å². The van der Waals surface area contributed by atoms with Gasteiger partial charge < -0.3 is 9.84 Å². The van der Waals surface area contributed by atoms with Crippen molar-refractivity contribution in [2.24, 2.45) is 5.92 Å². The maximum Gasteiger partial charge on any atom is 0.226 e. The molecule has 1 saturated heterocycles. The van der Waals surface area contributed by atoms with Gasteiger partial charge in [0.1, 0.15) is 0 Å². The summed E-state index contributed by atoms with van der Waals surface area (Å²) in [4.78, 5) is 8.43. The second-order valence-electron chi connectivity index (χ2n) is 4.98. The lowest BCUT2D eigenvalue weighted by Gasteiger charge is -2.21. The van der Waals surface area contributed by atoms with Crippen LogP contribution in [0.25, 0.3) is 11.4 Å². The van der Waals surface area contributed by atoms with Gasteiger partial charge in [0.25, 0.3) is 0 Å². The summed E-state index contributed by atoms with van der Waals surface area (Å²) in [5, 5.41) is 7.41. The predicted octanol–water partition coefficient (Wildman–Crippen LogP) is 2.49.